The molecule has 0 amide bonds. The lowest BCUT2D eigenvalue weighted by Gasteiger charge is -2.28. The number of allylic oxidation sites excluding steroid dienone is 1. The molecular weight excluding hydrogens is 285 g/mol. The minimum Gasteiger partial charge on any atom is -0.204 e. The SMILES string of the molecule is CCCC1CCC(CCC=Cc2cc(F)c(F)c(F)c2)CC1. The molecule has 0 bridgehead atoms. The van der Waals surface area contributed by atoms with Gasteiger partial charge in [0.05, 0.1) is 0 Å². The lowest BCUT2D eigenvalue weighted by molar-refractivity contribution is 0.253. The molecule has 1 aliphatic rings. The highest BCUT2D eigenvalue weighted by Gasteiger charge is 2.19. The van der Waals surface area contributed by atoms with Gasteiger partial charge in [0.1, 0.15) is 0 Å². The molecule has 1 aromatic rings. The van der Waals surface area contributed by atoms with Crippen LogP contribution >= 0.6 is 0 Å². The quantitative estimate of drug-likeness (QED) is 0.526. The summed E-state index contributed by atoms with van der Waals surface area (Å²) < 4.78 is 39.0. The molecule has 0 nitrogen and oxygen atoms in total. The number of rotatable bonds is 6. The van der Waals surface area contributed by atoms with E-state index in [9.17, 15) is 13.2 Å². The second-order valence-electron chi connectivity index (χ2n) is 6.45. The molecule has 2 rings (SSSR count). The predicted molar refractivity (Wildman–Crippen MR) is 84.9 cm³/mol. The smallest absolute Gasteiger partial charge is 0.194 e. The van der Waals surface area contributed by atoms with Crippen molar-refractivity contribution in [1.82, 2.24) is 0 Å². The van der Waals surface area contributed by atoms with Crippen LogP contribution in [0.3, 0.4) is 0 Å². The lowest BCUT2D eigenvalue weighted by atomic mass is 9.78. The van der Waals surface area contributed by atoms with Crippen LogP contribution in [-0.2, 0) is 0 Å². The Morgan fingerprint density at radius 2 is 1.50 bits per heavy atom. The maximum absolute atomic E-state index is 13.1. The molecule has 0 unspecified atom stereocenters. The number of hydrogen-bond donors (Lipinski definition) is 0. The van der Waals surface area contributed by atoms with Crippen molar-refractivity contribution in [3.05, 3.63) is 41.2 Å². The van der Waals surface area contributed by atoms with Gasteiger partial charge in [-0.25, -0.2) is 13.2 Å². The van der Waals surface area contributed by atoms with Crippen LogP contribution in [0.15, 0.2) is 18.2 Å². The number of halogens is 3. The van der Waals surface area contributed by atoms with Crippen molar-refractivity contribution in [2.24, 2.45) is 11.8 Å². The highest BCUT2D eigenvalue weighted by Crippen LogP contribution is 2.33. The van der Waals surface area contributed by atoms with E-state index in [2.05, 4.69) is 6.92 Å². The normalized spacial score (nSPS) is 22.4. The molecule has 0 aromatic heterocycles. The van der Waals surface area contributed by atoms with E-state index in [-0.39, 0.29) is 0 Å². The average molecular weight is 310 g/mol. The third-order valence-electron chi connectivity index (χ3n) is 4.72. The highest BCUT2D eigenvalue weighted by molar-refractivity contribution is 5.49. The maximum atomic E-state index is 13.1. The summed E-state index contributed by atoms with van der Waals surface area (Å²) >= 11 is 0. The van der Waals surface area contributed by atoms with Crippen molar-refractivity contribution in [2.75, 3.05) is 0 Å². The molecule has 0 N–H and O–H groups in total. The van der Waals surface area contributed by atoms with Gasteiger partial charge in [0.25, 0.3) is 0 Å². The minimum absolute atomic E-state index is 0.378. The minimum atomic E-state index is -1.40. The van der Waals surface area contributed by atoms with E-state index in [0.717, 1.165) is 36.8 Å². The van der Waals surface area contributed by atoms with E-state index in [1.54, 1.807) is 6.08 Å². The van der Waals surface area contributed by atoms with Gasteiger partial charge in [0.2, 0.25) is 0 Å². The topological polar surface area (TPSA) is 0 Å². The molecular formula is C19H25F3. The van der Waals surface area contributed by atoms with E-state index in [0.29, 0.717) is 5.56 Å². The fourth-order valence-corrected chi connectivity index (χ4v) is 3.44. The van der Waals surface area contributed by atoms with Gasteiger partial charge in [0.15, 0.2) is 17.5 Å². The Labute approximate surface area is 131 Å². The third kappa shape index (κ3) is 4.89. The fraction of sp³-hybridized carbons (Fsp3) is 0.579. The summed E-state index contributed by atoms with van der Waals surface area (Å²) in [7, 11) is 0. The van der Waals surface area contributed by atoms with E-state index >= 15 is 0 Å². The van der Waals surface area contributed by atoms with Crippen LogP contribution in [0.25, 0.3) is 6.08 Å². The molecule has 0 saturated heterocycles. The van der Waals surface area contributed by atoms with Crippen molar-refractivity contribution < 1.29 is 13.2 Å². The Morgan fingerprint density at radius 1 is 0.955 bits per heavy atom. The van der Waals surface area contributed by atoms with Crippen molar-refractivity contribution in [1.29, 1.82) is 0 Å². The Morgan fingerprint density at radius 3 is 2.05 bits per heavy atom. The molecule has 22 heavy (non-hydrogen) atoms. The van der Waals surface area contributed by atoms with E-state index in [1.165, 1.54) is 38.5 Å². The second kappa shape index (κ2) is 8.40. The lowest BCUT2D eigenvalue weighted by Crippen LogP contribution is -2.14. The first-order chi connectivity index (χ1) is 10.6. The summed E-state index contributed by atoms with van der Waals surface area (Å²) in [4.78, 5) is 0. The van der Waals surface area contributed by atoms with E-state index in [1.807, 2.05) is 6.08 Å². The molecule has 0 heterocycles. The molecule has 1 fully saturated rings. The van der Waals surface area contributed by atoms with Crippen LogP contribution in [0.5, 0.6) is 0 Å². The first kappa shape index (κ1) is 17.1. The van der Waals surface area contributed by atoms with Gasteiger partial charge in [-0.1, -0.05) is 57.6 Å². The van der Waals surface area contributed by atoms with Crippen LogP contribution in [-0.4, -0.2) is 0 Å². The zero-order chi connectivity index (χ0) is 15.9. The van der Waals surface area contributed by atoms with Gasteiger partial charge >= 0.3 is 0 Å². The molecule has 1 aromatic carbocycles. The average Bonchev–Trinajstić information content (AvgIpc) is 2.51. The standard InChI is InChI=1S/C19H25F3/c1-2-5-14-8-10-15(11-9-14)6-3-4-7-16-12-17(20)19(22)18(21)13-16/h4,7,12-15H,2-3,5-6,8-11H2,1H3. The van der Waals surface area contributed by atoms with Crippen molar-refractivity contribution in [3.8, 4) is 0 Å². The molecule has 0 atom stereocenters. The summed E-state index contributed by atoms with van der Waals surface area (Å²) in [6.07, 6.45) is 13.6. The Balaban J connectivity index is 1.75. The summed E-state index contributed by atoms with van der Waals surface area (Å²) in [6, 6.07) is 2.07. The van der Waals surface area contributed by atoms with Gasteiger partial charge in [-0.05, 0) is 42.4 Å². The van der Waals surface area contributed by atoms with Crippen molar-refractivity contribution in [2.45, 2.75) is 58.3 Å². The summed E-state index contributed by atoms with van der Waals surface area (Å²) in [6.45, 7) is 2.25. The van der Waals surface area contributed by atoms with Crippen molar-refractivity contribution in [3.63, 3.8) is 0 Å². The Hall–Kier alpha value is -1.25. The summed E-state index contributed by atoms with van der Waals surface area (Å²) in [5, 5.41) is 0. The molecule has 0 spiro atoms. The van der Waals surface area contributed by atoms with Crippen LogP contribution in [0.1, 0.15) is 63.9 Å². The van der Waals surface area contributed by atoms with Gasteiger partial charge in [0, 0.05) is 0 Å². The molecule has 122 valence electrons. The Kier molecular flexibility index (Phi) is 6.53. The van der Waals surface area contributed by atoms with Crippen LogP contribution in [0.4, 0.5) is 13.2 Å². The zero-order valence-corrected chi connectivity index (χ0v) is 13.3. The van der Waals surface area contributed by atoms with Gasteiger partial charge in [-0.2, -0.15) is 0 Å². The first-order valence-corrected chi connectivity index (χ1v) is 8.41. The van der Waals surface area contributed by atoms with Crippen molar-refractivity contribution >= 4 is 6.08 Å². The van der Waals surface area contributed by atoms with E-state index < -0.39 is 17.5 Å². The summed E-state index contributed by atoms with van der Waals surface area (Å²) in [5.41, 5.74) is 0.378. The molecule has 1 saturated carbocycles. The van der Waals surface area contributed by atoms with Gasteiger partial charge in [-0.15, -0.1) is 0 Å². The Bertz CT molecular complexity index is 476. The largest absolute Gasteiger partial charge is 0.204 e. The highest BCUT2D eigenvalue weighted by atomic mass is 19.2. The fourth-order valence-electron chi connectivity index (χ4n) is 3.44. The number of benzene rings is 1. The predicted octanol–water partition coefficient (Wildman–Crippen LogP) is 6.50. The molecule has 0 radical (unpaired) electrons. The van der Waals surface area contributed by atoms with Crippen LogP contribution < -0.4 is 0 Å². The summed E-state index contributed by atoms with van der Waals surface area (Å²) in [5.74, 6) is -1.97. The number of hydrogen-bond acceptors (Lipinski definition) is 0. The van der Waals surface area contributed by atoms with Gasteiger partial charge in [-0.3, -0.25) is 0 Å². The van der Waals surface area contributed by atoms with Crippen LogP contribution in [0, 0.1) is 29.3 Å². The molecule has 1 aliphatic carbocycles. The first-order valence-electron chi connectivity index (χ1n) is 8.41. The monoisotopic (exact) mass is 310 g/mol. The molecule has 0 aliphatic heterocycles. The zero-order valence-electron chi connectivity index (χ0n) is 13.3. The van der Waals surface area contributed by atoms with Crippen LogP contribution in [0.2, 0.25) is 0 Å². The van der Waals surface area contributed by atoms with Gasteiger partial charge < -0.3 is 0 Å². The van der Waals surface area contributed by atoms with E-state index in [4.69, 9.17) is 0 Å². The maximum Gasteiger partial charge on any atom is 0.194 e. The third-order valence-corrected chi connectivity index (χ3v) is 4.72. The second-order valence-corrected chi connectivity index (χ2v) is 6.45. The molecule has 3 heteroatoms.